The number of benzene rings is 3. The molecule has 0 aliphatic rings. The molecule has 44 heavy (non-hydrogen) atoms. The standard InChI is InChI=1S/C33H30ClN7O3/c1-20-13-15-23(16-14-20)40-27(18-26(38-40)33(2,3)4)36-31(43)29-24(34)11-8-12-25(29)44-19-22-17-28(42)41-32(35-22)37-30(39-41)21-9-6-5-7-10-21/h5-18H,19H2,1-4H3,(H,36,43)(H,35,37,39). The number of aromatic amines is 1. The first-order valence-electron chi connectivity index (χ1n) is 14.0. The molecule has 10 nitrogen and oxygen atoms in total. The van der Waals surface area contributed by atoms with Crippen LogP contribution in [-0.4, -0.2) is 35.3 Å². The van der Waals surface area contributed by atoms with E-state index in [1.165, 1.54) is 10.6 Å². The minimum Gasteiger partial charge on any atom is -0.486 e. The van der Waals surface area contributed by atoms with E-state index >= 15 is 0 Å². The fraction of sp³-hybridized carbons (Fsp3) is 0.182. The zero-order valence-electron chi connectivity index (χ0n) is 24.6. The summed E-state index contributed by atoms with van der Waals surface area (Å²) in [5, 5.41) is 11.0. The predicted molar refractivity (Wildman–Crippen MR) is 170 cm³/mol. The average molecular weight is 608 g/mol. The van der Waals surface area contributed by atoms with Crippen LogP contribution in [0.15, 0.2) is 89.7 Å². The molecule has 0 saturated carbocycles. The maximum atomic E-state index is 13.7. The lowest BCUT2D eigenvalue weighted by molar-refractivity contribution is 0.102. The van der Waals surface area contributed by atoms with E-state index in [-0.39, 0.29) is 39.7 Å². The highest BCUT2D eigenvalue weighted by atomic mass is 35.5. The van der Waals surface area contributed by atoms with E-state index in [2.05, 4.69) is 41.2 Å². The average Bonchev–Trinajstić information content (AvgIpc) is 3.62. The van der Waals surface area contributed by atoms with Crippen molar-refractivity contribution in [2.75, 3.05) is 5.32 Å². The maximum absolute atomic E-state index is 13.7. The Morgan fingerprint density at radius 2 is 1.73 bits per heavy atom. The lowest BCUT2D eigenvalue weighted by atomic mass is 9.92. The second-order valence-electron chi connectivity index (χ2n) is 11.4. The topological polar surface area (TPSA) is 119 Å². The molecule has 0 saturated heterocycles. The van der Waals surface area contributed by atoms with Gasteiger partial charge in [0, 0.05) is 23.1 Å². The van der Waals surface area contributed by atoms with Crippen molar-refractivity contribution in [3.63, 3.8) is 0 Å². The summed E-state index contributed by atoms with van der Waals surface area (Å²) in [5.41, 5.74) is 3.45. The van der Waals surface area contributed by atoms with Crippen LogP contribution in [0.4, 0.5) is 5.82 Å². The van der Waals surface area contributed by atoms with Gasteiger partial charge in [0.15, 0.2) is 5.82 Å². The van der Waals surface area contributed by atoms with E-state index in [0.29, 0.717) is 17.3 Å². The van der Waals surface area contributed by atoms with Crippen LogP contribution in [-0.2, 0) is 12.0 Å². The number of anilines is 1. The Balaban J connectivity index is 1.28. The quantitative estimate of drug-likeness (QED) is 0.218. The first-order valence-corrected chi connectivity index (χ1v) is 14.4. The minimum atomic E-state index is -0.470. The number of H-pyrrole nitrogens is 1. The van der Waals surface area contributed by atoms with Crippen molar-refractivity contribution >= 4 is 29.1 Å². The maximum Gasteiger partial charge on any atom is 0.274 e. The highest BCUT2D eigenvalue weighted by Crippen LogP contribution is 2.31. The Kier molecular flexibility index (Phi) is 7.52. The summed E-state index contributed by atoms with van der Waals surface area (Å²) in [6, 6.07) is 25.5. The minimum absolute atomic E-state index is 0.0879. The fourth-order valence-electron chi connectivity index (χ4n) is 4.62. The second kappa shape index (κ2) is 11.5. The van der Waals surface area contributed by atoms with Gasteiger partial charge >= 0.3 is 0 Å². The molecule has 11 heteroatoms. The molecule has 1 amide bonds. The Morgan fingerprint density at radius 3 is 2.45 bits per heavy atom. The van der Waals surface area contributed by atoms with Gasteiger partial charge in [-0.1, -0.05) is 86.5 Å². The van der Waals surface area contributed by atoms with Crippen molar-refractivity contribution in [1.29, 1.82) is 0 Å². The molecule has 6 rings (SSSR count). The monoisotopic (exact) mass is 607 g/mol. The van der Waals surface area contributed by atoms with Gasteiger partial charge in [-0.3, -0.25) is 14.7 Å². The van der Waals surface area contributed by atoms with Gasteiger partial charge in [0.25, 0.3) is 17.2 Å². The summed E-state index contributed by atoms with van der Waals surface area (Å²) < 4.78 is 9.00. The SMILES string of the molecule is Cc1ccc(-n2nc(C(C)(C)C)cc2NC(=O)c2c(Cl)cccc2OCc2cc(=O)n3[nH]c(-c4ccccc4)nc3n2)cc1. The molecule has 0 spiro atoms. The smallest absolute Gasteiger partial charge is 0.274 e. The van der Waals surface area contributed by atoms with Gasteiger partial charge in [0.05, 0.1) is 22.1 Å². The van der Waals surface area contributed by atoms with E-state index in [9.17, 15) is 9.59 Å². The predicted octanol–water partition coefficient (Wildman–Crippen LogP) is 6.36. The highest BCUT2D eigenvalue weighted by Gasteiger charge is 2.24. The van der Waals surface area contributed by atoms with Gasteiger partial charge < -0.3 is 10.1 Å². The summed E-state index contributed by atoms with van der Waals surface area (Å²) in [6.45, 7) is 8.10. The number of amides is 1. The molecule has 0 fully saturated rings. The largest absolute Gasteiger partial charge is 0.486 e. The summed E-state index contributed by atoms with van der Waals surface area (Å²) >= 11 is 6.54. The molecule has 2 N–H and O–H groups in total. The van der Waals surface area contributed by atoms with Crippen molar-refractivity contribution in [3.05, 3.63) is 123 Å². The Morgan fingerprint density at radius 1 is 0.977 bits per heavy atom. The fourth-order valence-corrected chi connectivity index (χ4v) is 4.87. The molecule has 0 aliphatic carbocycles. The molecule has 222 valence electrons. The van der Waals surface area contributed by atoms with Crippen molar-refractivity contribution < 1.29 is 9.53 Å². The van der Waals surface area contributed by atoms with Gasteiger partial charge in [-0.05, 0) is 31.2 Å². The molecule has 6 aromatic rings. The van der Waals surface area contributed by atoms with E-state index in [0.717, 1.165) is 22.5 Å². The lowest BCUT2D eigenvalue weighted by Crippen LogP contribution is -2.18. The zero-order chi connectivity index (χ0) is 31.0. The van der Waals surface area contributed by atoms with Crippen molar-refractivity contribution in [3.8, 4) is 22.8 Å². The number of nitrogens with one attached hydrogen (secondary N) is 2. The lowest BCUT2D eigenvalue weighted by Gasteiger charge is -2.14. The molecule has 0 atom stereocenters. The number of halogens is 1. The van der Waals surface area contributed by atoms with Gasteiger partial charge in [-0.2, -0.15) is 14.6 Å². The van der Waals surface area contributed by atoms with Crippen LogP contribution in [0.3, 0.4) is 0 Å². The Hall–Kier alpha value is -5.22. The molecular weight excluding hydrogens is 578 g/mol. The Bertz CT molecular complexity index is 2040. The van der Waals surface area contributed by atoms with E-state index in [1.54, 1.807) is 22.9 Å². The van der Waals surface area contributed by atoms with Crippen LogP contribution >= 0.6 is 11.6 Å². The van der Waals surface area contributed by atoms with Crippen LogP contribution in [0.1, 0.15) is 48.1 Å². The molecule has 3 aromatic heterocycles. The van der Waals surface area contributed by atoms with E-state index < -0.39 is 5.91 Å². The highest BCUT2D eigenvalue weighted by molar-refractivity contribution is 6.34. The number of hydrogen-bond acceptors (Lipinski definition) is 6. The van der Waals surface area contributed by atoms with E-state index in [4.69, 9.17) is 21.4 Å². The van der Waals surface area contributed by atoms with Gasteiger partial charge in [-0.25, -0.2) is 9.67 Å². The third-order valence-electron chi connectivity index (χ3n) is 7.01. The third kappa shape index (κ3) is 5.84. The number of fused-ring (bicyclic) bond motifs is 1. The van der Waals surface area contributed by atoms with Crippen molar-refractivity contribution in [2.24, 2.45) is 0 Å². The number of carbonyl (C=O) groups excluding carboxylic acids is 1. The number of rotatable bonds is 7. The van der Waals surface area contributed by atoms with Gasteiger partial charge in [-0.15, -0.1) is 0 Å². The number of nitrogens with zero attached hydrogens (tertiary/aromatic N) is 5. The number of hydrogen-bond donors (Lipinski definition) is 2. The zero-order valence-corrected chi connectivity index (χ0v) is 25.4. The number of aryl methyl sites for hydroxylation is 1. The summed E-state index contributed by atoms with van der Waals surface area (Å²) in [5.74, 6) is 0.978. The van der Waals surface area contributed by atoms with Crippen LogP contribution in [0.5, 0.6) is 5.75 Å². The Labute approximate surface area is 258 Å². The molecule has 0 aliphatic heterocycles. The number of carbonyl (C=O) groups is 1. The molecule has 0 radical (unpaired) electrons. The van der Waals surface area contributed by atoms with E-state index in [1.807, 2.05) is 67.6 Å². The summed E-state index contributed by atoms with van der Waals surface area (Å²) in [7, 11) is 0. The molecule has 3 heterocycles. The van der Waals surface area contributed by atoms with Crippen LogP contribution in [0.25, 0.3) is 22.9 Å². The molecule has 0 bridgehead atoms. The van der Waals surface area contributed by atoms with Crippen LogP contribution in [0.2, 0.25) is 5.02 Å². The van der Waals surface area contributed by atoms with Crippen LogP contribution < -0.4 is 15.6 Å². The third-order valence-corrected chi connectivity index (χ3v) is 7.32. The summed E-state index contributed by atoms with van der Waals surface area (Å²) in [4.78, 5) is 35.5. The molecule has 0 unspecified atom stereocenters. The van der Waals surface area contributed by atoms with Gasteiger partial charge in [0.2, 0.25) is 0 Å². The van der Waals surface area contributed by atoms with Crippen molar-refractivity contribution in [2.45, 2.75) is 39.7 Å². The van der Waals surface area contributed by atoms with Crippen LogP contribution in [0, 0.1) is 6.92 Å². The first-order chi connectivity index (χ1) is 21.1. The normalized spacial score (nSPS) is 11.6. The second-order valence-corrected chi connectivity index (χ2v) is 11.8. The number of aromatic nitrogens is 6. The van der Waals surface area contributed by atoms with Gasteiger partial charge in [0.1, 0.15) is 23.7 Å². The molecule has 3 aromatic carbocycles. The number of ether oxygens (including phenoxy) is 1. The molecular formula is C33H30ClN7O3. The van der Waals surface area contributed by atoms with Crippen molar-refractivity contribution in [1.82, 2.24) is 29.4 Å². The summed E-state index contributed by atoms with van der Waals surface area (Å²) in [6.07, 6.45) is 0. The first kappa shape index (κ1) is 28.9.